The number of para-hydroxylation sites is 1. The number of aryl methyl sites for hydroxylation is 1. The molecule has 0 fully saturated rings. The second-order valence-corrected chi connectivity index (χ2v) is 6.91. The molecule has 0 aliphatic heterocycles. The molecule has 0 aliphatic carbocycles. The van der Waals surface area contributed by atoms with Crippen LogP contribution < -0.4 is 15.5 Å². The molecular formula is C24H25N3O3. The highest BCUT2D eigenvalue weighted by molar-refractivity contribution is 6.05. The molecule has 6 nitrogen and oxygen atoms in total. The van der Waals surface area contributed by atoms with Crippen molar-refractivity contribution >= 4 is 23.6 Å². The van der Waals surface area contributed by atoms with Crippen molar-refractivity contribution in [3.63, 3.8) is 0 Å². The van der Waals surface area contributed by atoms with Crippen LogP contribution >= 0.6 is 0 Å². The van der Waals surface area contributed by atoms with E-state index in [4.69, 9.17) is 4.42 Å². The van der Waals surface area contributed by atoms with Gasteiger partial charge in [0.1, 0.15) is 11.5 Å². The lowest BCUT2D eigenvalue weighted by Gasteiger charge is -2.19. The summed E-state index contributed by atoms with van der Waals surface area (Å²) in [5.41, 5.74) is 2.63. The van der Waals surface area contributed by atoms with Crippen molar-refractivity contribution in [3.05, 3.63) is 95.6 Å². The quantitative estimate of drug-likeness (QED) is 0.564. The van der Waals surface area contributed by atoms with Crippen molar-refractivity contribution < 1.29 is 14.0 Å². The van der Waals surface area contributed by atoms with Gasteiger partial charge in [-0.15, -0.1) is 0 Å². The van der Waals surface area contributed by atoms with Crippen molar-refractivity contribution in [2.24, 2.45) is 0 Å². The van der Waals surface area contributed by atoms with Gasteiger partial charge >= 0.3 is 0 Å². The number of carbonyl (C=O) groups is 2. The zero-order valence-corrected chi connectivity index (χ0v) is 17.1. The Morgan fingerprint density at radius 3 is 2.53 bits per heavy atom. The lowest BCUT2D eigenvalue weighted by molar-refractivity contribution is -0.117. The van der Waals surface area contributed by atoms with Crippen LogP contribution in [0.4, 0.5) is 5.69 Å². The van der Waals surface area contributed by atoms with Crippen LogP contribution in [-0.2, 0) is 4.79 Å². The Morgan fingerprint density at radius 1 is 1.03 bits per heavy atom. The number of furan rings is 1. The van der Waals surface area contributed by atoms with Crippen molar-refractivity contribution in [1.29, 1.82) is 0 Å². The van der Waals surface area contributed by atoms with Gasteiger partial charge in [-0.25, -0.2) is 0 Å². The molecule has 0 bridgehead atoms. The number of nitrogens with one attached hydrogen (secondary N) is 2. The Bertz CT molecular complexity index is 1010. The third kappa shape index (κ3) is 5.85. The molecule has 154 valence electrons. The van der Waals surface area contributed by atoms with E-state index in [9.17, 15) is 9.59 Å². The topological polar surface area (TPSA) is 74.6 Å². The fourth-order valence-electron chi connectivity index (χ4n) is 2.90. The number of amides is 2. The predicted octanol–water partition coefficient (Wildman–Crippen LogP) is 3.61. The predicted molar refractivity (Wildman–Crippen MR) is 118 cm³/mol. The number of benzene rings is 2. The van der Waals surface area contributed by atoms with E-state index in [0.717, 1.165) is 11.3 Å². The highest BCUT2D eigenvalue weighted by atomic mass is 16.3. The summed E-state index contributed by atoms with van der Waals surface area (Å²) >= 11 is 0. The van der Waals surface area contributed by atoms with Crippen LogP contribution in [0.15, 0.2) is 83.1 Å². The SMILES string of the molecule is Cc1cccc(C(=O)N/C(=C\c2ccco2)C(=O)NCCN(C)c2ccccc2)c1. The number of carbonyl (C=O) groups excluding carboxylic acids is 2. The number of rotatable bonds is 8. The Kier molecular flexibility index (Phi) is 7.05. The Hall–Kier alpha value is -3.80. The lowest BCUT2D eigenvalue weighted by Crippen LogP contribution is -2.38. The Morgan fingerprint density at radius 2 is 1.83 bits per heavy atom. The van der Waals surface area contributed by atoms with Gasteiger partial charge in [0.25, 0.3) is 11.8 Å². The summed E-state index contributed by atoms with van der Waals surface area (Å²) in [7, 11) is 1.96. The minimum Gasteiger partial charge on any atom is -0.465 e. The van der Waals surface area contributed by atoms with Gasteiger partial charge in [-0.2, -0.15) is 0 Å². The fraction of sp³-hybridized carbons (Fsp3) is 0.167. The summed E-state index contributed by atoms with van der Waals surface area (Å²) in [5.74, 6) is -0.256. The molecule has 0 saturated carbocycles. The average Bonchev–Trinajstić information content (AvgIpc) is 3.27. The van der Waals surface area contributed by atoms with E-state index in [1.54, 1.807) is 30.3 Å². The molecule has 30 heavy (non-hydrogen) atoms. The molecule has 0 atom stereocenters. The Balaban J connectivity index is 1.66. The van der Waals surface area contributed by atoms with Gasteiger partial charge in [0, 0.05) is 37.5 Å². The molecule has 3 rings (SSSR count). The van der Waals surface area contributed by atoms with Gasteiger partial charge in [0.05, 0.1) is 6.26 Å². The molecule has 1 heterocycles. The van der Waals surface area contributed by atoms with Gasteiger partial charge in [0.2, 0.25) is 0 Å². The number of hydrogen-bond acceptors (Lipinski definition) is 4. The van der Waals surface area contributed by atoms with Crippen LogP contribution in [0.2, 0.25) is 0 Å². The van der Waals surface area contributed by atoms with E-state index in [0.29, 0.717) is 24.4 Å². The molecule has 2 aromatic carbocycles. The van der Waals surface area contributed by atoms with E-state index in [2.05, 4.69) is 10.6 Å². The molecule has 0 spiro atoms. The van der Waals surface area contributed by atoms with E-state index in [-0.39, 0.29) is 17.5 Å². The van der Waals surface area contributed by atoms with Crippen LogP contribution in [0.25, 0.3) is 6.08 Å². The fourth-order valence-corrected chi connectivity index (χ4v) is 2.90. The summed E-state index contributed by atoms with van der Waals surface area (Å²) in [4.78, 5) is 27.4. The molecule has 6 heteroatoms. The molecule has 2 N–H and O–H groups in total. The summed E-state index contributed by atoms with van der Waals surface area (Å²) in [6.45, 7) is 2.95. The van der Waals surface area contributed by atoms with E-state index < -0.39 is 0 Å². The van der Waals surface area contributed by atoms with Crippen LogP contribution in [0, 0.1) is 6.92 Å². The molecule has 2 amide bonds. The van der Waals surface area contributed by atoms with Gasteiger partial charge in [-0.3, -0.25) is 9.59 Å². The minimum atomic E-state index is -0.381. The Labute approximate surface area is 176 Å². The van der Waals surface area contributed by atoms with Crippen molar-refractivity contribution in [1.82, 2.24) is 10.6 Å². The molecule has 0 saturated heterocycles. The molecule has 3 aromatic rings. The number of nitrogens with zero attached hydrogens (tertiary/aromatic N) is 1. The van der Waals surface area contributed by atoms with Crippen LogP contribution in [0.1, 0.15) is 21.7 Å². The van der Waals surface area contributed by atoms with Crippen LogP contribution in [0.3, 0.4) is 0 Å². The van der Waals surface area contributed by atoms with Crippen molar-refractivity contribution in [2.45, 2.75) is 6.92 Å². The lowest BCUT2D eigenvalue weighted by atomic mass is 10.1. The standard InChI is InChI=1S/C24H25N3O3/c1-18-8-6-9-19(16-18)23(28)26-22(17-21-12-7-15-30-21)24(29)25-13-14-27(2)20-10-4-3-5-11-20/h3-12,15-17H,13-14H2,1-2H3,(H,25,29)(H,26,28)/b22-17-. The number of likely N-dealkylation sites (N-methyl/N-ethyl adjacent to an activating group) is 1. The van der Waals surface area contributed by atoms with E-state index >= 15 is 0 Å². The summed E-state index contributed by atoms with van der Waals surface area (Å²) < 4.78 is 5.31. The average molecular weight is 403 g/mol. The maximum absolute atomic E-state index is 12.8. The van der Waals surface area contributed by atoms with E-state index in [1.807, 2.05) is 55.3 Å². The first-order valence-electron chi connectivity index (χ1n) is 9.70. The normalized spacial score (nSPS) is 11.1. The smallest absolute Gasteiger partial charge is 0.268 e. The van der Waals surface area contributed by atoms with Crippen LogP contribution in [0.5, 0.6) is 0 Å². The second kappa shape index (κ2) is 10.1. The third-order valence-corrected chi connectivity index (χ3v) is 4.53. The molecule has 0 unspecified atom stereocenters. The highest BCUT2D eigenvalue weighted by Gasteiger charge is 2.15. The first-order chi connectivity index (χ1) is 14.5. The summed E-state index contributed by atoms with van der Waals surface area (Å²) in [6.07, 6.45) is 3.03. The maximum atomic E-state index is 12.8. The molecule has 1 aromatic heterocycles. The molecular weight excluding hydrogens is 378 g/mol. The van der Waals surface area contributed by atoms with Gasteiger partial charge in [-0.1, -0.05) is 35.9 Å². The minimum absolute atomic E-state index is 0.124. The molecule has 0 aliphatic rings. The summed E-state index contributed by atoms with van der Waals surface area (Å²) in [5, 5.41) is 5.56. The number of hydrogen-bond donors (Lipinski definition) is 2. The molecule has 0 radical (unpaired) electrons. The van der Waals surface area contributed by atoms with Gasteiger partial charge in [0.15, 0.2) is 0 Å². The first kappa shape index (κ1) is 20.9. The first-order valence-corrected chi connectivity index (χ1v) is 9.70. The van der Waals surface area contributed by atoms with Gasteiger partial charge in [-0.05, 0) is 43.3 Å². The largest absolute Gasteiger partial charge is 0.465 e. The van der Waals surface area contributed by atoms with Gasteiger partial charge < -0.3 is 20.0 Å². The monoisotopic (exact) mass is 403 g/mol. The zero-order valence-electron chi connectivity index (χ0n) is 17.1. The highest BCUT2D eigenvalue weighted by Crippen LogP contribution is 2.11. The maximum Gasteiger partial charge on any atom is 0.268 e. The van der Waals surface area contributed by atoms with Crippen molar-refractivity contribution in [2.75, 3.05) is 25.0 Å². The van der Waals surface area contributed by atoms with E-state index in [1.165, 1.54) is 12.3 Å². The third-order valence-electron chi connectivity index (χ3n) is 4.53. The zero-order chi connectivity index (χ0) is 21.3. The van der Waals surface area contributed by atoms with Crippen LogP contribution in [-0.4, -0.2) is 32.0 Å². The van der Waals surface area contributed by atoms with Crippen molar-refractivity contribution in [3.8, 4) is 0 Å². The summed E-state index contributed by atoms with van der Waals surface area (Å²) in [6, 6.07) is 20.5. The second-order valence-electron chi connectivity index (χ2n) is 6.91. The number of anilines is 1.